The molecule has 1 unspecified atom stereocenters. The monoisotopic (exact) mass is 292 g/mol. The SMILES string of the molecule is CCCOc1ccc(OCCC(NC2CC2)C(N)=O)cc1. The Labute approximate surface area is 125 Å². The first-order chi connectivity index (χ1) is 10.2. The van der Waals surface area contributed by atoms with E-state index in [0.29, 0.717) is 25.7 Å². The van der Waals surface area contributed by atoms with Crippen molar-refractivity contribution in [2.45, 2.75) is 44.7 Å². The largest absolute Gasteiger partial charge is 0.494 e. The smallest absolute Gasteiger partial charge is 0.234 e. The quantitative estimate of drug-likeness (QED) is 0.690. The van der Waals surface area contributed by atoms with Gasteiger partial charge in [0.1, 0.15) is 11.5 Å². The number of benzene rings is 1. The van der Waals surface area contributed by atoms with Crippen LogP contribution in [0.5, 0.6) is 11.5 Å². The van der Waals surface area contributed by atoms with Gasteiger partial charge in [0.25, 0.3) is 0 Å². The Hall–Kier alpha value is -1.75. The summed E-state index contributed by atoms with van der Waals surface area (Å²) in [6, 6.07) is 7.68. The molecule has 0 aromatic heterocycles. The van der Waals surface area contributed by atoms with Crippen molar-refractivity contribution >= 4 is 5.91 Å². The van der Waals surface area contributed by atoms with Gasteiger partial charge in [0, 0.05) is 12.5 Å². The number of ether oxygens (including phenoxy) is 2. The molecule has 0 spiro atoms. The van der Waals surface area contributed by atoms with Crippen LogP contribution < -0.4 is 20.5 Å². The summed E-state index contributed by atoms with van der Waals surface area (Å²) in [4.78, 5) is 11.3. The average Bonchev–Trinajstić information content (AvgIpc) is 3.29. The first-order valence-electron chi connectivity index (χ1n) is 7.60. The van der Waals surface area contributed by atoms with Crippen LogP contribution in [0.4, 0.5) is 0 Å². The van der Waals surface area contributed by atoms with Crippen molar-refractivity contribution in [3.05, 3.63) is 24.3 Å². The van der Waals surface area contributed by atoms with Crippen LogP contribution >= 0.6 is 0 Å². The molecule has 1 aliphatic carbocycles. The summed E-state index contributed by atoms with van der Waals surface area (Å²) in [5, 5.41) is 3.23. The summed E-state index contributed by atoms with van der Waals surface area (Å²) in [6.07, 6.45) is 3.83. The van der Waals surface area contributed by atoms with E-state index < -0.39 is 0 Å². The number of nitrogens with two attached hydrogens (primary N) is 1. The van der Waals surface area contributed by atoms with Crippen molar-refractivity contribution in [3.63, 3.8) is 0 Å². The fourth-order valence-electron chi connectivity index (χ4n) is 1.99. The molecule has 0 saturated heterocycles. The predicted molar refractivity (Wildman–Crippen MR) is 81.5 cm³/mol. The number of primary amides is 1. The molecule has 1 saturated carbocycles. The van der Waals surface area contributed by atoms with Gasteiger partial charge in [-0.15, -0.1) is 0 Å². The Morgan fingerprint density at radius 2 is 1.81 bits per heavy atom. The molecule has 1 aromatic rings. The lowest BCUT2D eigenvalue weighted by atomic mass is 10.2. The van der Waals surface area contributed by atoms with Crippen LogP contribution in [0.2, 0.25) is 0 Å². The minimum atomic E-state index is -0.311. The summed E-state index contributed by atoms with van der Waals surface area (Å²) < 4.78 is 11.2. The Morgan fingerprint density at radius 3 is 2.29 bits per heavy atom. The molecule has 0 heterocycles. The predicted octanol–water partition coefficient (Wildman–Crippen LogP) is 1.85. The van der Waals surface area contributed by atoms with E-state index in [9.17, 15) is 4.79 Å². The molecule has 1 fully saturated rings. The van der Waals surface area contributed by atoms with Crippen LogP contribution in [-0.2, 0) is 4.79 Å². The van der Waals surface area contributed by atoms with Gasteiger partial charge >= 0.3 is 0 Å². The molecule has 0 bridgehead atoms. The lowest BCUT2D eigenvalue weighted by molar-refractivity contribution is -0.120. The van der Waals surface area contributed by atoms with Crippen molar-refractivity contribution in [2.75, 3.05) is 13.2 Å². The lowest BCUT2D eigenvalue weighted by Gasteiger charge is -2.15. The highest BCUT2D eigenvalue weighted by Gasteiger charge is 2.26. The molecule has 1 amide bonds. The van der Waals surface area contributed by atoms with Gasteiger partial charge < -0.3 is 20.5 Å². The van der Waals surface area contributed by atoms with Crippen LogP contribution in [0.15, 0.2) is 24.3 Å². The van der Waals surface area contributed by atoms with Crippen LogP contribution in [0.1, 0.15) is 32.6 Å². The van der Waals surface area contributed by atoms with E-state index in [1.807, 2.05) is 24.3 Å². The van der Waals surface area contributed by atoms with E-state index in [4.69, 9.17) is 15.2 Å². The third kappa shape index (κ3) is 5.63. The first kappa shape index (κ1) is 15.6. The number of hydrogen-bond donors (Lipinski definition) is 2. The molecule has 1 atom stereocenters. The summed E-state index contributed by atoms with van der Waals surface area (Å²) >= 11 is 0. The fraction of sp³-hybridized carbons (Fsp3) is 0.562. The number of rotatable bonds is 10. The third-order valence-corrected chi connectivity index (χ3v) is 3.33. The van der Waals surface area contributed by atoms with Crippen molar-refractivity contribution in [1.29, 1.82) is 0 Å². The third-order valence-electron chi connectivity index (χ3n) is 3.33. The molecule has 1 aliphatic rings. The zero-order valence-corrected chi connectivity index (χ0v) is 12.5. The topological polar surface area (TPSA) is 73.6 Å². The van der Waals surface area contributed by atoms with Crippen molar-refractivity contribution in [1.82, 2.24) is 5.32 Å². The number of amides is 1. The van der Waals surface area contributed by atoms with Gasteiger partial charge in [-0.2, -0.15) is 0 Å². The Kier molecular flexibility index (Phi) is 5.87. The van der Waals surface area contributed by atoms with Crippen LogP contribution in [0.25, 0.3) is 0 Å². The molecular formula is C16H24N2O3. The molecule has 5 nitrogen and oxygen atoms in total. The zero-order valence-electron chi connectivity index (χ0n) is 12.5. The lowest BCUT2D eigenvalue weighted by Crippen LogP contribution is -2.43. The first-order valence-corrected chi connectivity index (χ1v) is 7.60. The minimum absolute atomic E-state index is 0.301. The van der Waals surface area contributed by atoms with E-state index in [2.05, 4.69) is 12.2 Å². The Morgan fingerprint density at radius 1 is 1.24 bits per heavy atom. The summed E-state index contributed by atoms with van der Waals surface area (Å²) in [5.41, 5.74) is 5.39. The van der Waals surface area contributed by atoms with Crippen LogP contribution in [-0.4, -0.2) is 31.2 Å². The highest BCUT2D eigenvalue weighted by Crippen LogP contribution is 2.20. The van der Waals surface area contributed by atoms with E-state index in [1.165, 1.54) is 0 Å². The van der Waals surface area contributed by atoms with Gasteiger partial charge in [0.05, 0.1) is 19.3 Å². The highest BCUT2D eigenvalue weighted by atomic mass is 16.5. The maximum atomic E-state index is 11.3. The van der Waals surface area contributed by atoms with Gasteiger partial charge in [-0.05, 0) is 43.5 Å². The van der Waals surface area contributed by atoms with Crippen molar-refractivity contribution < 1.29 is 14.3 Å². The van der Waals surface area contributed by atoms with E-state index in [1.54, 1.807) is 0 Å². The van der Waals surface area contributed by atoms with E-state index >= 15 is 0 Å². The summed E-state index contributed by atoms with van der Waals surface area (Å²) in [6.45, 7) is 3.25. The molecule has 5 heteroatoms. The normalized spacial score (nSPS) is 15.5. The summed E-state index contributed by atoms with van der Waals surface area (Å²) in [5.74, 6) is 1.30. The molecule has 1 aromatic carbocycles. The molecular weight excluding hydrogens is 268 g/mol. The van der Waals surface area contributed by atoms with Gasteiger partial charge in [-0.1, -0.05) is 6.92 Å². The van der Waals surface area contributed by atoms with Gasteiger partial charge in [-0.25, -0.2) is 0 Å². The Bertz CT molecular complexity index is 443. The second kappa shape index (κ2) is 7.88. The van der Waals surface area contributed by atoms with Crippen molar-refractivity contribution in [2.24, 2.45) is 5.73 Å². The maximum absolute atomic E-state index is 11.3. The second-order valence-electron chi connectivity index (χ2n) is 5.35. The molecule has 0 radical (unpaired) electrons. The standard InChI is InChI=1S/C16H24N2O3/c1-2-10-20-13-5-7-14(8-6-13)21-11-9-15(16(17)19)18-12-3-4-12/h5-8,12,15,18H,2-4,9-11H2,1H3,(H2,17,19). The zero-order chi connectivity index (χ0) is 15.1. The van der Waals surface area contributed by atoms with E-state index in [0.717, 1.165) is 30.8 Å². The molecule has 21 heavy (non-hydrogen) atoms. The Balaban J connectivity index is 1.72. The average molecular weight is 292 g/mol. The van der Waals surface area contributed by atoms with Crippen molar-refractivity contribution in [3.8, 4) is 11.5 Å². The number of hydrogen-bond acceptors (Lipinski definition) is 4. The molecule has 116 valence electrons. The molecule has 3 N–H and O–H groups in total. The molecule has 2 rings (SSSR count). The minimum Gasteiger partial charge on any atom is -0.494 e. The van der Waals surface area contributed by atoms with Crippen LogP contribution in [0, 0.1) is 0 Å². The van der Waals surface area contributed by atoms with Gasteiger partial charge in [0.15, 0.2) is 0 Å². The van der Waals surface area contributed by atoms with Gasteiger partial charge in [0.2, 0.25) is 5.91 Å². The van der Waals surface area contributed by atoms with Gasteiger partial charge in [-0.3, -0.25) is 4.79 Å². The number of nitrogens with one attached hydrogen (secondary N) is 1. The van der Waals surface area contributed by atoms with Crippen LogP contribution in [0.3, 0.4) is 0 Å². The number of carbonyl (C=O) groups excluding carboxylic acids is 1. The summed E-state index contributed by atoms with van der Waals surface area (Å²) in [7, 11) is 0. The second-order valence-corrected chi connectivity index (χ2v) is 5.35. The highest BCUT2D eigenvalue weighted by molar-refractivity contribution is 5.79. The maximum Gasteiger partial charge on any atom is 0.234 e. The van der Waals surface area contributed by atoms with E-state index in [-0.39, 0.29) is 11.9 Å². The molecule has 0 aliphatic heterocycles. The fourth-order valence-corrected chi connectivity index (χ4v) is 1.99. The number of carbonyl (C=O) groups is 1.